The van der Waals surface area contributed by atoms with Crippen LogP contribution in [0.2, 0.25) is 0 Å². The van der Waals surface area contributed by atoms with E-state index < -0.39 is 0 Å². The van der Waals surface area contributed by atoms with Crippen LogP contribution in [0.4, 0.5) is 0 Å². The van der Waals surface area contributed by atoms with Crippen molar-refractivity contribution in [3.05, 3.63) is 35.5 Å². The minimum Gasteiger partial charge on any atom is -0.361 e. The first-order valence-electron chi connectivity index (χ1n) is 4.81. The number of aromatic amines is 1. The lowest BCUT2D eigenvalue weighted by Crippen LogP contribution is -1.80. The average Bonchev–Trinajstić information content (AvgIpc) is 2.61. The number of aryl methyl sites for hydroxylation is 1. The molecule has 0 aliphatic carbocycles. The standard InChI is InChI=1S/C12H12N2/c1-2-9-3-4-11-10(5-6-13)8-14-12(11)7-9/h3-4,7-8,14H,2,5H2,1H3. The maximum atomic E-state index is 8.63. The van der Waals surface area contributed by atoms with Crippen LogP contribution in [0.3, 0.4) is 0 Å². The van der Waals surface area contributed by atoms with Crippen molar-refractivity contribution in [2.75, 3.05) is 0 Å². The zero-order valence-electron chi connectivity index (χ0n) is 8.17. The molecule has 2 aromatic rings. The third-order valence-electron chi connectivity index (χ3n) is 2.51. The Bertz CT molecular complexity index is 488. The molecule has 0 amide bonds. The highest BCUT2D eigenvalue weighted by atomic mass is 14.7. The molecule has 70 valence electrons. The van der Waals surface area contributed by atoms with Gasteiger partial charge >= 0.3 is 0 Å². The molecule has 0 saturated carbocycles. The molecule has 2 nitrogen and oxygen atoms in total. The Morgan fingerprint density at radius 2 is 2.29 bits per heavy atom. The van der Waals surface area contributed by atoms with E-state index in [1.54, 1.807) is 0 Å². The summed E-state index contributed by atoms with van der Waals surface area (Å²) in [7, 11) is 0. The van der Waals surface area contributed by atoms with E-state index in [9.17, 15) is 0 Å². The molecule has 1 aromatic carbocycles. The fraction of sp³-hybridized carbons (Fsp3) is 0.250. The quantitative estimate of drug-likeness (QED) is 0.765. The van der Waals surface area contributed by atoms with E-state index in [-0.39, 0.29) is 0 Å². The molecule has 0 fully saturated rings. The van der Waals surface area contributed by atoms with E-state index in [1.165, 1.54) is 10.9 Å². The van der Waals surface area contributed by atoms with Gasteiger partial charge in [0.05, 0.1) is 12.5 Å². The number of H-pyrrole nitrogens is 1. The monoisotopic (exact) mass is 184 g/mol. The van der Waals surface area contributed by atoms with E-state index in [0.29, 0.717) is 6.42 Å². The van der Waals surface area contributed by atoms with Gasteiger partial charge in [0.25, 0.3) is 0 Å². The molecule has 2 rings (SSSR count). The van der Waals surface area contributed by atoms with Crippen LogP contribution >= 0.6 is 0 Å². The second kappa shape index (κ2) is 3.55. The summed E-state index contributed by atoms with van der Waals surface area (Å²) >= 11 is 0. The van der Waals surface area contributed by atoms with E-state index >= 15 is 0 Å². The van der Waals surface area contributed by atoms with Crippen LogP contribution < -0.4 is 0 Å². The minimum atomic E-state index is 0.478. The van der Waals surface area contributed by atoms with Crippen molar-refractivity contribution in [3.63, 3.8) is 0 Å². The molecular formula is C12H12N2. The SMILES string of the molecule is CCc1ccc2c(CC#N)c[nH]c2c1. The van der Waals surface area contributed by atoms with Crippen molar-refractivity contribution in [2.45, 2.75) is 19.8 Å². The molecule has 1 N–H and O–H groups in total. The summed E-state index contributed by atoms with van der Waals surface area (Å²) < 4.78 is 0. The van der Waals surface area contributed by atoms with Crippen LogP contribution in [0.1, 0.15) is 18.1 Å². The molecule has 0 saturated heterocycles. The highest BCUT2D eigenvalue weighted by molar-refractivity contribution is 5.84. The summed E-state index contributed by atoms with van der Waals surface area (Å²) in [5.41, 5.74) is 3.54. The fourth-order valence-corrected chi connectivity index (χ4v) is 1.68. The van der Waals surface area contributed by atoms with E-state index in [0.717, 1.165) is 17.5 Å². The van der Waals surface area contributed by atoms with Crippen molar-refractivity contribution in [1.29, 1.82) is 5.26 Å². The predicted molar refractivity (Wildman–Crippen MR) is 57.0 cm³/mol. The smallest absolute Gasteiger partial charge is 0.0670 e. The minimum absolute atomic E-state index is 0.478. The summed E-state index contributed by atoms with van der Waals surface area (Å²) in [6, 6.07) is 8.54. The summed E-state index contributed by atoms with van der Waals surface area (Å²) in [6.45, 7) is 2.14. The Labute approximate surface area is 83.2 Å². The number of nitrogens with zero attached hydrogens (tertiary/aromatic N) is 1. The van der Waals surface area contributed by atoms with Gasteiger partial charge in [-0.05, 0) is 23.6 Å². The number of nitriles is 1. The lowest BCUT2D eigenvalue weighted by atomic mass is 10.1. The van der Waals surface area contributed by atoms with Gasteiger partial charge in [-0.25, -0.2) is 0 Å². The predicted octanol–water partition coefficient (Wildman–Crippen LogP) is 2.80. The number of fused-ring (bicyclic) bond motifs is 1. The van der Waals surface area contributed by atoms with Gasteiger partial charge in [-0.2, -0.15) is 5.26 Å². The molecule has 0 bridgehead atoms. The largest absolute Gasteiger partial charge is 0.361 e. The van der Waals surface area contributed by atoms with Crippen LogP contribution in [-0.4, -0.2) is 4.98 Å². The molecule has 0 aliphatic rings. The Balaban J connectivity index is 2.55. The molecule has 0 unspecified atom stereocenters. The first kappa shape index (κ1) is 8.83. The Hall–Kier alpha value is -1.75. The van der Waals surface area contributed by atoms with Gasteiger partial charge < -0.3 is 4.98 Å². The molecule has 0 atom stereocenters. The highest BCUT2D eigenvalue weighted by Crippen LogP contribution is 2.20. The molecule has 1 aromatic heterocycles. The normalized spacial score (nSPS) is 10.3. The Kier molecular flexibility index (Phi) is 2.24. The molecule has 2 heteroatoms. The number of nitrogens with one attached hydrogen (secondary N) is 1. The third-order valence-corrected chi connectivity index (χ3v) is 2.51. The van der Waals surface area contributed by atoms with E-state index in [4.69, 9.17) is 5.26 Å². The van der Waals surface area contributed by atoms with Gasteiger partial charge in [-0.15, -0.1) is 0 Å². The van der Waals surface area contributed by atoms with Gasteiger partial charge in [-0.1, -0.05) is 19.1 Å². The van der Waals surface area contributed by atoms with Crippen molar-refractivity contribution in [2.24, 2.45) is 0 Å². The van der Waals surface area contributed by atoms with Gasteiger partial charge in [0.15, 0.2) is 0 Å². The maximum absolute atomic E-state index is 8.63. The highest BCUT2D eigenvalue weighted by Gasteiger charge is 2.02. The molecule has 0 spiro atoms. The Morgan fingerprint density at radius 1 is 1.43 bits per heavy atom. The maximum Gasteiger partial charge on any atom is 0.0670 e. The number of hydrogen-bond acceptors (Lipinski definition) is 1. The van der Waals surface area contributed by atoms with Crippen LogP contribution in [0, 0.1) is 11.3 Å². The zero-order chi connectivity index (χ0) is 9.97. The zero-order valence-corrected chi connectivity index (χ0v) is 8.17. The fourth-order valence-electron chi connectivity index (χ4n) is 1.68. The van der Waals surface area contributed by atoms with Crippen molar-refractivity contribution >= 4 is 10.9 Å². The number of rotatable bonds is 2. The second-order valence-corrected chi connectivity index (χ2v) is 3.38. The average molecular weight is 184 g/mol. The summed E-state index contributed by atoms with van der Waals surface area (Å²) in [6.07, 6.45) is 3.45. The van der Waals surface area contributed by atoms with Crippen LogP contribution in [0.5, 0.6) is 0 Å². The molecular weight excluding hydrogens is 172 g/mol. The second-order valence-electron chi connectivity index (χ2n) is 3.38. The van der Waals surface area contributed by atoms with Gasteiger partial charge in [-0.3, -0.25) is 0 Å². The third kappa shape index (κ3) is 1.38. The van der Waals surface area contributed by atoms with Gasteiger partial charge in [0.2, 0.25) is 0 Å². The lowest BCUT2D eigenvalue weighted by molar-refractivity contribution is 1.14. The summed E-state index contributed by atoms with van der Waals surface area (Å²) in [4.78, 5) is 3.20. The number of benzene rings is 1. The molecule has 0 aliphatic heterocycles. The van der Waals surface area contributed by atoms with E-state index in [1.807, 2.05) is 6.20 Å². The Morgan fingerprint density at radius 3 is 3.00 bits per heavy atom. The van der Waals surface area contributed by atoms with Crippen LogP contribution in [0.15, 0.2) is 24.4 Å². The van der Waals surface area contributed by atoms with Crippen molar-refractivity contribution in [1.82, 2.24) is 4.98 Å². The van der Waals surface area contributed by atoms with Crippen molar-refractivity contribution < 1.29 is 0 Å². The van der Waals surface area contributed by atoms with E-state index in [2.05, 4.69) is 36.2 Å². The molecule has 1 heterocycles. The number of hydrogen-bond donors (Lipinski definition) is 1. The molecule has 0 radical (unpaired) electrons. The number of aromatic nitrogens is 1. The topological polar surface area (TPSA) is 39.6 Å². The summed E-state index contributed by atoms with van der Waals surface area (Å²) in [5.74, 6) is 0. The summed E-state index contributed by atoms with van der Waals surface area (Å²) in [5, 5.41) is 9.80. The molecule has 14 heavy (non-hydrogen) atoms. The first-order chi connectivity index (χ1) is 6.85. The van der Waals surface area contributed by atoms with Crippen molar-refractivity contribution in [3.8, 4) is 6.07 Å². The van der Waals surface area contributed by atoms with Crippen LogP contribution in [0.25, 0.3) is 10.9 Å². The van der Waals surface area contributed by atoms with Crippen LogP contribution in [-0.2, 0) is 12.8 Å². The van der Waals surface area contributed by atoms with Gasteiger partial charge in [0.1, 0.15) is 0 Å². The van der Waals surface area contributed by atoms with Gasteiger partial charge in [0, 0.05) is 17.1 Å². The lowest BCUT2D eigenvalue weighted by Gasteiger charge is -1.97. The first-order valence-corrected chi connectivity index (χ1v) is 4.81.